The molecule has 0 saturated heterocycles. The van der Waals surface area contributed by atoms with Gasteiger partial charge >= 0.3 is 0 Å². The highest BCUT2D eigenvalue weighted by atomic mass is 35.5. The molecule has 3 nitrogen and oxygen atoms in total. The molecule has 5 heteroatoms. The Morgan fingerprint density at radius 3 is 2.06 bits per heavy atom. The Bertz CT molecular complexity index is 532. The van der Waals surface area contributed by atoms with Gasteiger partial charge in [0.25, 0.3) is 0 Å². The molecule has 1 aromatic heterocycles. The lowest BCUT2D eigenvalue weighted by molar-refractivity contribution is 0.415. The fraction of sp³-hybridized carbons (Fsp3) is 0.231. The van der Waals surface area contributed by atoms with Gasteiger partial charge in [-0.1, -0.05) is 30.1 Å². The second-order valence-electron chi connectivity index (χ2n) is 3.69. The van der Waals surface area contributed by atoms with Gasteiger partial charge < -0.3 is 4.74 Å². The van der Waals surface area contributed by atoms with Crippen molar-refractivity contribution in [2.75, 3.05) is 7.11 Å². The Hall–Kier alpha value is -1.32. The van der Waals surface area contributed by atoms with E-state index in [9.17, 15) is 0 Å². The molecule has 18 heavy (non-hydrogen) atoms. The van der Waals surface area contributed by atoms with E-state index in [1.165, 1.54) is 0 Å². The third kappa shape index (κ3) is 2.57. The summed E-state index contributed by atoms with van der Waals surface area (Å²) < 4.78 is 5.10. The summed E-state index contributed by atoms with van der Waals surface area (Å²) in [6.07, 6.45) is 0.709. The van der Waals surface area contributed by atoms with Gasteiger partial charge in [0.1, 0.15) is 16.1 Å². The molecule has 0 saturated carbocycles. The van der Waals surface area contributed by atoms with E-state index < -0.39 is 0 Å². The number of benzene rings is 1. The average molecular weight is 283 g/mol. The molecule has 0 aliphatic heterocycles. The van der Waals surface area contributed by atoms with Gasteiger partial charge in [-0.05, 0) is 30.7 Å². The first-order valence-corrected chi connectivity index (χ1v) is 6.27. The maximum atomic E-state index is 6.08. The highest BCUT2D eigenvalue weighted by molar-refractivity contribution is 6.34. The van der Waals surface area contributed by atoms with Crippen molar-refractivity contribution in [1.82, 2.24) is 9.97 Å². The van der Waals surface area contributed by atoms with Crippen LogP contribution in [-0.4, -0.2) is 17.1 Å². The molecule has 0 spiro atoms. The highest BCUT2D eigenvalue weighted by Crippen LogP contribution is 2.26. The van der Waals surface area contributed by atoms with Crippen LogP contribution in [0, 0.1) is 0 Å². The van der Waals surface area contributed by atoms with Crippen LogP contribution in [0.1, 0.15) is 12.5 Å². The van der Waals surface area contributed by atoms with Gasteiger partial charge in [0.05, 0.1) is 7.11 Å². The van der Waals surface area contributed by atoms with Gasteiger partial charge in [-0.2, -0.15) is 0 Å². The topological polar surface area (TPSA) is 35.0 Å². The van der Waals surface area contributed by atoms with Crippen LogP contribution in [0.3, 0.4) is 0 Å². The fourth-order valence-corrected chi connectivity index (χ4v) is 2.25. The predicted octanol–water partition coefficient (Wildman–Crippen LogP) is 4.02. The minimum Gasteiger partial charge on any atom is -0.497 e. The first-order chi connectivity index (χ1) is 8.65. The van der Waals surface area contributed by atoms with Crippen molar-refractivity contribution in [3.8, 4) is 17.1 Å². The maximum absolute atomic E-state index is 6.08. The number of hydrogen-bond acceptors (Lipinski definition) is 3. The van der Waals surface area contributed by atoms with E-state index in [4.69, 9.17) is 27.9 Å². The van der Waals surface area contributed by atoms with Crippen LogP contribution in [0.5, 0.6) is 5.75 Å². The number of rotatable bonds is 3. The molecule has 1 heterocycles. The number of hydrogen-bond donors (Lipinski definition) is 0. The summed E-state index contributed by atoms with van der Waals surface area (Å²) in [4.78, 5) is 8.52. The van der Waals surface area contributed by atoms with Crippen LogP contribution in [0.15, 0.2) is 24.3 Å². The van der Waals surface area contributed by atoms with Crippen LogP contribution >= 0.6 is 23.2 Å². The van der Waals surface area contributed by atoms with Crippen molar-refractivity contribution in [2.24, 2.45) is 0 Å². The van der Waals surface area contributed by atoms with Crippen molar-refractivity contribution in [3.63, 3.8) is 0 Å². The quantitative estimate of drug-likeness (QED) is 0.798. The van der Waals surface area contributed by atoms with Crippen molar-refractivity contribution in [2.45, 2.75) is 13.3 Å². The van der Waals surface area contributed by atoms with Crippen LogP contribution in [0.4, 0.5) is 0 Å². The van der Waals surface area contributed by atoms with Crippen molar-refractivity contribution in [1.29, 1.82) is 0 Å². The molecule has 0 bridgehead atoms. The smallest absolute Gasteiger partial charge is 0.162 e. The molecule has 1 aromatic carbocycles. The summed E-state index contributed by atoms with van der Waals surface area (Å²) in [7, 11) is 1.62. The number of nitrogens with zero attached hydrogens (tertiary/aromatic N) is 2. The molecular weight excluding hydrogens is 271 g/mol. The summed E-state index contributed by atoms with van der Waals surface area (Å²) in [6, 6.07) is 7.42. The van der Waals surface area contributed by atoms with E-state index in [2.05, 4.69) is 9.97 Å². The van der Waals surface area contributed by atoms with Crippen LogP contribution in [-0.2, 0) is 6.42 Å². The molecule has 0 amide bonds. The zero-order valence-corrected chi connectivity index (χ0v) is 11.6. The molecule has 0 N–H and O–H groups in total. The van der Waals surface area contributed by atoms with E-state index in [0.29, 0.717) is 22.6 Å². The largest absolute Gasteiger partial charge is 0.497 e. The van der Waals surface area contributed by atoms with Crippen molar-refractivity contribution in [3.05, 3.63) is 40.1 Å². The summed E-state index contributed by atoms with van der Waals surface area (Å²) in [5, 5.41) is 0.812. The van der Waals surface area contributed by atoms with Crippen molar-refractivity contribution < 1.29 is 4.74 Å². The van der Waals surface area contributed by atoms with Crippen LogP contribution < -0.4 is 4.74 Å². The first-order valence-electron chi connectivity index (χ1n) is 5.52. The highest BCUT2D eigenvalue weighted by Gasteiger charge is 2.11. The molecule has 0 fully saturated rings. The lowest BCUT2D eigenvalue weighted by Gasteiger charge is -2.07. The van der Waals surface area contributed by atoms with Crippen LogP contribution in [0.25, 0.3) is 11.4 Å². The standard InChI is InChI=1S/C13H12Cl2N2O/c1-3-10-11(14)16-13(17-12(10)15)8-4-6-9(18-2)7-5-8/h4-7H,3H2,1-2H3. The SMILES string of the molecule is CCc1c(Cl)nc(-c2ccc(OC)cc2)nc1Cl. The maximum Gasteiger partial charge on any atom is 0.162 e. The Labute approximate surface area is 116 Å². The van der Waals surface area contributed by atoms with E-state index >= 15 is 0 Å². The zero-order valence-electron chi connectivity index (χ0n) is 10.1. The molecule has 0 unspecified atom stereocenters. The molecule has 94 valence electrons. The van der Waals surface area contributed by atoms with Gasteiger partial charge in [0.2, 0.25) is 0 Å². The first kappa shape index (κ1) is 13.1. The Kier molecular flexibility index (Phi) is 4.04. The monoisotopic (exact) mass is 282 g/mol. The third-order valence-corrected chi connectivity index (χ3v) is 3.23. The molecule has 2 rings (SSSR count). The Balaban J connectivity index is 2.44. The van der Waals surface area contributed by atoms with Gasteiger partial charge in [-0.3, -0.25) is 0 Å². The minimum absolute atomic E-state index is 0.406. The summed E-state index contributed by atoms with van der Waals surface area (Å²) >= 11 is 12.2. The number of aromatic nitrogens is 2. The fourth-order valence-electron chi connectivity index (χ4n) is 1.59. The van der Waals surface area contributed by atoms with Gasteiger partial charge in [-0.25, -0.2) is 9.97 Å². The van der Waals surface area contributed by atoms with Gasteiger partial charge in [0.15, 0.2) is 5.82 Å². The van der Waals surface area contributed by atoms with Gasteiger partial charge in [0, 0.05) is 11.1 Å². The number of methoxy groups -OCH3 is 1. The molecule has 0 atom stereocenters. The van der Waals surface area contributed by atoms with E-state index in [1.807, 2.05) is 31.2 Å². The number of ether oxygens (including phenoxy) is 1. The lowest BCUT2D eigenvalue weighted by atomic mass is 10.2. The van der Waals surface area contributed by atoms with Crippen molar-refractivity contribution >= 4 is 23.2 Å². The van der Waals surface area contributed by atoms with Gasteiger partial charge in [-0.15, -0.1) is 0 Å². The zero-order chi connectivity index (χ0) is 13.1. The molecule has 0 radical (unpaired) electrons. The Morgan fingerprint density at radius 2 is 1.61 bits per heavy atom. The molecular formula is C13H12Cl2N2O. The average Bonchev–Trinajstić information content (AvgIpc) is 2.38. The minimum atomic E-state index is 0.406. The second-order valence-corrected chi connectivity index (χ2v) is 4.41. The predicted molar refractivity (Wildman–Crippen MR) is 73.4 cm³/mol. The summed E-state index contributed by atoms with van der Waals surface area (Å²) in [6.45, 7) is 1.96. The lowest BCUT2D eigenvalue weighted by Crippen LogP contribution is -1.96. The summed E-state index contributed by atoms with van der Waals surface area (Å²) in [5.74, 6) is 1.30. The molecule has 0 aliphatic rings. The number of halogens is 2. The molecule has 0 aliphatic carbocycles. The molecule has 2 aromatic rings. The van der Waals surface area contributed by atoms with Crippen LogP contribution in [0.2, 0.25) is 10.3 Å². The Morgan fingerprint density at radius 1 is 1.06 bits per heavy atom. The summed E-state index contributed by atoms with van der Waals surface area (Å²) in [5.41, 5.74) is 1.62. The second kappa shape index (κ2) is 5.55. The van der Waals surface area contributed by atoms with E-state index in [-0.39, 0.29) is 0 Å². The third-order valence-electron chi connectivity index (χ3n) is 2.61. The van der Waals surface area contributed by atoms with E-state index in [1.54, 1.807) is 7.11 Å². The van der Waals surface area contributed by atoms with E-state index in [0.717, 1.165) is 16.9 Å². The normalized spacial score (nSPS) is 10.4.